The van der Waals surface area contributed by atoms with Gasteiger partial charge >= 0.3 is 0 Å². The van der Waals surface area contributed by atoms with Gasteiger partial charge in [-0.3, -0.25) is 4.99 Å². The van der Waals surface area contributed by atoms with Gasteiger partial charge in [-0.15, -0.1) is 0 Å². The monoisotopic (exact) mass is 323 g/mol. The summed E-state index contributed by atoms with van der Waals surface area (Å²) in [5.41, 5.74) is 1.61. The zero-order chi connectivity index (χ0) is 13.0. The van der Waals surface area contributed by atoms with Gasteiger partial charge in [-0.05, 0) is 47.0 Å². The Labute approximate surface area is 120 Å². The van der Waals surface area contributed by atoms with E-state index in [2.05, 4.69) is 39.2 Å². The molecule has 0 bridgehead atoms. The Hall–Kier alpha value is -0.990. The highest BCUT2D eigenvalue weighted by Gasteiger charge is 2.14. The zero-order valence-electron chi connectivity index (χ0n) is 10.1. The van der Waals surface area contributed by atoms with E-state index in [4.69, 9.17) is 5.26 Å². The van der Waals surface area contributed by atoms with E-state index in [1.165, 1.54) is 0 Å². The van der Waals surface area contributed by atoms with Crippen LogP contribution in [0.15, 0.2) is 27.7 Å². The van der Waals surface area contributed by atoms with Crippen LogP contribution in [0.2, 0.25) is 0 Å². The minimum atomic E-state index is 0.440. The number of anilines is 1. The number of amidine groups is 1. The summed E-state index contributed by atoms with van der Waals surface area (Å²) in [5.74, 6) is 1.11. The fourth-order valence-corrected chi connectivity index (χ4v) is 3.19. The summed E-state index contributed by atoms with van der Waals surface area (Å²) in [6, 6.07) is 8.19. The normalized spacial score (nSPS) is 18.9. The van der Waals surface area contributed by atoms with Crippen molar-refractivity contribution in [2.75, 3.05) is 11.1 Å². The lowest BCUT2D eigenvalue weighted by Crippen LogP contribution is -2.19. The lowest BCUT2D eigenvalue weighted by Gasteiger charge is -2.19. The molecule has 0 aliphatic carbocycles. The fraction of sp³-hybridized carbons (Fsp3) is 0.385. The average Bonchev–Trinajstić information content (AvgIpc) is 2.39. The van der Waals surface area contributed by atoms with Gasteiger partial charge in [0.15, 0.2) is 5.17 Å². The predicted octanol–water partition coefficient (Wildman–Crippen LogP) is 4.00. The Morgan fingerprint density at radius 3 is 3.11 bits per heavy atom. The molecular weight excluding hydrogens is 310 g/mol. The van der Waals surface area contributed by atoms with Crippen LogP contribution in [0.5, 0.6) is 0 Å². The number of rotatable bonds is 2. The van der Waals surface area contributed by atoms with Crippen molar-refractivity contribution >= 4 is 38.5 Å². The topological polar surface area (TPSA) is 48.2 Å². The molecule has 0 saturated heterocycles. The number of benzene rings is 1. The van der Waals surface area contributed by atoms with Crippen LogP contribution in [0.3, 0.4) is 0 Å². The summed E-state index contributed by atoms with van der Waals surface area (Å²) >= 11 is 5.14. The molecule has 1 aliphatic heterocycles. The van der Waals surface area contributed by atoms with E-state index in [1.54, 1.807) is 17.8 Å². The molecular formula is C13H14BrN3S. The van der Waals surface area contributed by atoms with Gasteiger partial charge in [-0.2, -0.15) is 5.26 Å². The summed E-state index contributed by atoms with van der Waals surface area (Å²) < 4.78 is 0.809. The molecule has 0 amide bonds. The molecule has 1 aromatic rings. The molecule has 0 spiro atoms. The van der Waals surface area contributed by atoms with Crippen molar-refractivity contribution in [2.24, 2.45) is 4.99 Å². The second-order valence-corrected chi connectivity index (χ2v) is 6.00. The fourth-order valence-electron chi connectivity index (χ4n) is 1.73. The van der Waals surface area contributed by atoms with Crippen LogP contribution in [0.4, 0.5) is 5.69 Å². The third kappa shape index (κ3) is 3.27. The van der Waals surface area contributed by atoms with Crippen LogP contribution < -0.4 is 5.32 Å². The molecule has 94 valence electrons. The molecule has 1 heterocycles. The van der Waals surface area contributed by atoms with Crippen molar-refractivity contribution in [3.8, 4) is 6.07 Å². The van der Waals surface area contributed by atoms with Crippen molar-refractivity contribution in [1.82, 2.24) is 0 Å². The van der Waals surface area contributed by atoms with E-state index in [-0.39, 0.29) is 0 Å². The van der Waals surface area contributed by atoms with Crippen LogP contribution in [-0.2, 0) is 0 Å². The predicted molar refractivity (Wildman–Crippen MR) is 81.1 cm³/mol. The molecule has 1 unspecified atom stereocenters. The molecule has 1 aliphatic rings. The lowest BCUT2D eigenvalue weighted by molar-refractivity contribution is 0.634. The smallest absolute Gasteiger partial charge is 0.161 e. The maximum absolute atomic E-state index is 8.87. The number of hydrogen-bond donors (Lipinski definition) is 1. The summed E-state index contributed by atoms with van der Waals surface area (Å²) in [4.78, 5) is 4.66. The highest BCUT2D eigenvalue weighted by Crippen LogP contribution is 2.24. The average molecular weight is 324 g/mol. The second kappa shape index (κ2) is 6.26. The van der Waals surface area contributed by atoms with Gasteiger partial charge in [0.2, 0.25) is 0 Å². The van der Waals surface area contributed by atoms with Gasteiger partial charge in [0.05, 0.1) is 11.6 Å². The number of aliphatic imine (C=N–C) groups is 1. The van der Waals surface area contributed by atoms with E-state index >= 15 is 0 Å². The Morgan fingerprint density at radius 1 is 1.61 bits per heavy atom. The molecule has 1 atom stereocenters. The van der Waals surface area contributed by atoms with Gasteiger partial charge in [0.1, 0.15) is 6.07 Å². The first-order valence-electron chi connectivity index (χ1n) is 5.90. The van der Waals surface area contributed by atoms with Crippen molar-refractivity contribution in [1.29, 1.82) is 5.26 Å². The summed E-state index contributed by atoms with van der Waals surface area (Å²) in [5, 5.41) is 13.2. The zero-order valence-corrected chi connectivity index (χ0v) is 12.5. The lowest BCUT2D eigenvalue weighted by atomic mass is 10.2. The minimum Gasteiger partial charge on any atom is -0.335 e. The number of nitrogens with one attached hydrogen (secondary N) is 1. The number of nitrogens with zero attached hydrogens (tertiary/aromatic N) is 2. The first kappa shape index (κ1) is 13.4. The molecule has 18 heavy (non-hydrogen) atoms. The van der Waals surface area contributed by atoms with Crippen molar-refractivity contribution in [3.63, 3.8) is 0 Å². The first-order chi connectivity index (χ1) is 8.72. The van der Waals surface area contributed by atoms with Crippen LogP contribution in [0, 0.1) is 11.3 Å². The largest absolute Gasteiger partial charge is 0.335 e. The van der Waals surface area contributed by atoms with Gasteiger partial charge in [-0.1, -0.05) is 18.7 Å². The maximum atomic E-state index is 8.87. The molecule has 0 saturated carbocycles. The SMILES string of the molecule is CCC1CCSC(Nc2ccc(C#N)c(Br)c2)=N1. The molecule has 5 heteroatoms. The Bertz CT molecular complexity index is 507. The Balaban J connectivity index is 2.12. The molecule has 0 aromatic heterocycles. The van der Waals surface area contributed by atoms with Gasteiger partial charge in [-0.25, -0.2) is 0 Å². The number of hydrogen-bond acceptors (Lipinski definition) is 4. The molecule has 0 radical (unpaired) electrons. The first-order valence-corrected chi connectivity index (χ1v) is 7.68. The highest BCUT2D eigenvalue weighted by atomic mass is 79.9. The molecule has 2 rings (SSSR count). The third-order valence-electron chi connectivity index (χ3n) is 2.80. The molecule has 1 N–H and O–H groups in total. The van der Waals surface area contributed by atoms with E-state index in [0.717, 1.165) is 33.9 Å². The highest BCUT2D eigenvalue weighted by molar-refractivity contribution is 9.10. The van der Waals surface area contributed by atoms with E-state index < -0.39 is 0 Å². The third-order valence-corrected chi connectivity index (χ3v) is 4.38. The molecule has 0 fully saturated rings. The van der Waals surface area contributed by atoms with Crippen LogP contribution in [0.25, 0.3) is 0 Å². The van der Waals surface area contributed by atoms with Gasteiger partial charge < -0.3 is 5.32 Å². The van der Waals surface area contributed by atoms with Crippen LogP contribution in [-0.4, -0.2) is 17.0 Å². The van der Waals surface area contributed by atoms with Crippen molar-refractivity contribution in [2.45, 2.75) is 25.8 Å². The van der Waals surface area contributed by atoms with Crippen LogP contribution in [0.1, 0.15) is 25.3 Å². The quantitative estimate of drug-likeness (QED) is 0.894. The number of thioether (sulfide) groups is 1. The Kier molecular flexibility index (Phi) is 4.67. The van der Waals surface area contributed by atoms with Gasteiger partial charge in [0.25, 0.3) is 0 Å². The summed E-state index contributed by atoms with van der Waals surface area (Å²) in [6.07, 6.45) is 2.24. The van der Waals surface area contributed by atoms with E-state index in [0.29, 0.717) is 11.6 Å². The van der Waals surface area contributed by atoms with Crippen molar-refractivity contribution < 1.29 is 0 Å². The van der Waals surface area contributed by atoms with E-state index in [9.17, 15) is 0 Å². The minimum absolute atomic E-state index is 0.440. The summed E-state index contributed by atoms with van der Waals surface area (Å²) in [6.45, 7) is 2.17. The number of halogens is 1. The van der Waals surface area contributed by atoms with Crippen molar-refractivity contribution in [3.05, 3.63) is 28.2 Å². The molecule has 3 nitrogen and oxygen atoms in total. The second-order valence-electron chi connectivity index (χ2n) is 4.06. The number of nitriles is 1. The molecule has 1 aromatic carbocycles. The standard InChI is InChI=1S/C13H14BrN3S/c1-2-10-5-6-18-13(16-10)17-11-4-3-9(8-15)12(14)7-11/h3-4,7,10H,2,5-6H2,1H3,(H,16,17). The van der Waals surface area contributed by atoms with E-state index in [1.807, 2.05) is 12.1 Å². The van der Waals surface area contributed by atoms with Gasteiger partial charge in [0, 0.05) is 15.9 Å². The Morgan fingerprint density at radius 2 is 2.44 bits per heavy atom. The van der Waals surface area contributed by atoms with Crippen LogP contribution >= 0.6 is 27.7 Å². The maximum Gasteiger partial charge on any atom is 0.161 e. The summed E-state index contributed by atoms with van der Waals surface area (Å²) in [7, 11) is 0.